The zero-order chi connectivity index (χ0) is 23.4. The molecule has 0 unspecified atom stereocenters. The Morgan fingerprint density at radius 2 is 1.85 bits per heavy atom. The van der Waals surface area contributed by atoms with Crippen LogP contribution in [0.2, 0.25) is 5.02 Å². The predicted octanol–water partition coefficient (Wildman–Crippen LogP) is 4.51. The summed E-state index contributed by atoms with van der Waals surface area (Å²) in [6, 6.07) is 12.2. The molecule has 174 valence electrons. The molecule has 0 bridgehead atoms. The van der Waals surface area contributed by atoms with E-state index in [0.717, 1.165) is 35.6 Å². The van der Waals surface area contributed by atoms with Crippen LogP contribution >= 0.6 is 23.4 Å². The number of para-hydroxylation sites is 1. The van der Waals surface area contributed by atoms with Crippen LogP contribution in [0, 0.1) is 0 Å². The highest BCUT2D eigenvalue weighted by Crippen LogP contribution is 2.34. The van der Waals surface area contributed by atoms with Crippen LogP contribution < -0.4 is 10.2 Å². The van der Waals surface area contributed by atoms with E-state index in [-0.39, 0.29) is 16.5 Å². The van der Waals surface area contributed by atoms with Gasteiger partial charge in [-0.15, -0.1) is 10.2 Å². The largest absolute Gasteiger partial charge is 0.416 e. The zero-order valence-corrected chi connectivity index (χ0v) is 18.8. The Balaban J connectivity index is 1.52. The van der Waals surface area contributed by atoms with Gasteiger partial charge in [0.25, 0.3) is 0 Å². The van der Waals surface area contributed by atoms with Crippen LogP contribution in [0.15, 0.2) is 53.7 Å². The fraction of sp³-hybridized carbons (Fsp3) is 0.286. The number of ether oxygens (including phenoxy) is 1. The van der Waals surface area contributed by atoms with E-state index in [4.69, 9.17) is 16.3 Å². The molecule has 2 aromatic carbocycles. The molecule has 1 saturated heterocycles. The van der Waals surface area contributed by atoms with E-state index >= 15 is 0 Å². The summed E-state index contributed by atoms with van der Waals surface area (Å²) in [6.07, 6.45) is -4.54. The Morgan fingerprint density at radius 1 is 1.12 bits per heavy atom. The molecule has 1 aliphatic heterocycles. The molecule has 0 atom stereocenters. The van der Waals surface area contributed by atoms with Crippen LogP contribution in [0.3, 0.4) is 0 Å². The summed E-state index contributed by atoms with van der Waals surface area (Å²) in [7, 11) is 0. The van der Waals surface area contributed by atoms with Crippen LogP contribution in [0.5, 0.6) is 0 Å². The van der Waals surface area contributed by atoms with Crippen LogP contribution in [-0.4, -0.2) is 52.7 Å². The molecule has 1 aliphatic rings. The lowest BCUT2D eigenvalue weighted by atomic mass is 10.2. The molecule has 0 spiro atoms. The van der Waals surface area contributed by atoms with Gasteiger partial charge in [0.2, 0.25) is 11.9 Å². The first-order valence-electron chi connectivity index (χ1n) is 9.96. The fourth-order valence-corrected chi connectivity index (χ4v) is 4.15. The lowest BCUT2D eigenvalue weighted by Crippen LogP contribution is -2.37. The highest BCUT2D eigenvalue weighted by molar-refractivity contribution is 7.99. The van der Waals surface area contributed by atoms with Crippen molar-refractivity contribution in [3.05, 3.63) is 59.1 Å². The van der Waals surface area contributed by atoms with E-state index in [9.17, 15) is 18.0 Å². The molecule has 1 N–H and O–H groups in total. The van der Waals surface area contributed by atoms with Gasteiger partial charge in [0.1, 0.15) is 0 Å². The molecule has 0 saturated carbocycles. The van der Waals surface area contributed by atoms with Crippen LogP contribution in [0.4, 0.5) is 24.8 Å². The number of halogens is 4. The van der Waals surface area contributed by atoms with Crippen molar-refractivity contribution in [2.45, 2.75) is 11.3 Å². The average molecular weight is 498 g/mol. The maximum Gasteiger partial charge on any atom is 0.416 e. The third kappa shape index (κ3) is 5.60. The van der Waals surface area contributed by atoms with E-state index in [2.05, 4.69) is 20.4 Å². The van der Waals surface area contributed by atoms with Crippen molar-refractivity contribution in [3.63, 3.8) is 0 Å². The van der Waals surface area contributed by atoms with Crippen molar-refractivity contribution in [1.29, 1.82) is 0 Å². The maximum absolute atomic E-state index is 13.0. The lowest BCUT2D eigenvalue weighted by Gasteiger charge is -2.27. The molecule has 2 heterocycles. The Hall–Kier alpha value is -2.76. The van der Waals surface area contributed by atoms with Crippen molar-refractivity contribution < 1.29 is 22.7 Å². The molecule has 33 heavy (non-hydrogen) atoms. The summed E-state index contributed by atoms with van der Waals surface area (Å²) in [4.78, 5) is 14.6. The molecule has 1 aromatic heterocycles. The number of alkyl halides is 3. The first-order chi connectivity index (χ1) is 15.8. The van der Waals surface area contributed by atoms with Crippen molar-refractivity contribution >= 4 is 40.9 Å². The zero-order valence-electron chi connectivity index (χ0n) is 17.2. The summed E-state index contributed by atoms with van der Waals surface area (Å²) in [5, 5.41) is 11.5. The summed E-state index contributed by atoms with van der Waals surface area (Å²) >= 11 is 7.09. The predicted molar refractivity (Wildman–Crippen MR) is 120 cm³/mol. The molecule has 0 radical (unpaired) electrons. The number of morpholine rings is 1. The number of benzene rings is 2. The number of aromatic nitrogens is 3. The van der Waals surface area contributed by atoms with Gasteiger partial charge >= 0.3 is 6.18 Å². The number of nitrogens with zero attached hydrogens (tertiary/aromatic N) is 4. The number of rotatable bonds is 6. The normalized spacial score (nSPS) is 14.4. The first kappa shape index (κ1) is 23.4. The van der Waals surface area contributed by atoms with Crippen LogP contribution in [-0.2, 0) is 15.7 Å². The minimum absolute atomic E-state index is 0.0170. The highest BCUT2D eigenvalue weighted by atomic mass is 35.5. The van der Waals surface area contributed by atoms with E-state index in [1.807, 2.05) is 34.9 Å². The molecular weight excluding hydrogens is 479 g/mol. The lowest BCUT2D eigenvalue weighted by molar-refractivity contribution is -0.137. The highest BCUT2D eigenvalue weighted by Gasteiger charge is 2.31. The second kappa shape index (κ2) is 10.0. The van der Waals surface area contributed by atoms with Gasteiger partial charge in [-0.2, -0.15) is 13.2 Å². The Morgan fingerprint density at radius 3 is 2.55 bits per heavy atom. The van der Waals surface area contributed by atoms with Gasteiger partial charge in [-0.25, -0.2) is 0 Å². The standard InChI is InChI=1S/C21H19ClF3N5O2S/c22-16-7-6-14(21(23,24)25)12-17(16)26-18(31)13-33-20-28-27-19(29-8-10-32-11-9-29)30(20)15-4-2-1-3-5-15/h1-7,12H,8-11,13H2,(H,26,31). The van der Waals surface area contributed by atoms with Crippen molar-refractivity contribution in [2.75, 3.05) is 42.3 Å². The van der Waals surface area contributed by atoms with Crippen molar-refractivity contribution in [3.8, 4) is 5.69 Å². The second-order valence-corrected chi connectivity index (χ2v) is 8.43. The summed E-state index contributed by atoms with van der Waals surface area (Å²) < 4.78 is 46.2. The van der Waals surface area contributed by atoms with Gasteiger partial charge in [0.15, 0.2) is 5.16 Å². The Bertz CT molecular complexity index is 1120. The SMILES string of the molecule is O=C(CSc1nnc(N2CCOCC2)n1-c1ccccc1)Nc1cc(C(F)(F)F)ccc1Cl. The molecule has 3 aromatic rings. The minimum atomic E-state index is -4.54. The van der Waals surface area contributed by atoms with Gasteiger partial charge in [0.05, 0.1) is 40.9 Å². The first-order valence-corrected chi connectivity index (χ1v) is 11.3. The number of thioether (sulfide) groups is 1. The number of carbonyl (C=O) groups excluding carboxylic acids is 1. The molecule has 12 heteroatoms. The van der Waals surface area contributed by atoms with E-state index < -0.39 is 17.6 Å². The van der Waals surface area contributed by atoms with Crippen LogP contribution in [0.1, 0.15) is 5.56 Å². The molecular formula is C21H19ClF3N5O2S. The molecule has 4 rings (SSSR count). The Kier molecular flexibility index (Phi) is 7.11. The van der Waals surface area contributed by atoms with Crippen molar-refractivity contribution in [1.82, 2.24) is 14.8 Å². The fourth-order valence-electron chi connectivity index (χ4n) is 3.24. The number of carbonyl (C=O) groups is 1. The second-order valence-electron chi connectivity index (χ2n) is 7.08. The number of hydrogen-bond acceptors (Lipinski definition) is 6. The Labute approximate surface area is 196 Å². The average Bonchev–Trinajstić information content (AvgIpc) is 3.23. The number of nitrogens with one attached hydrogen (secondary N) is 1. The maximum atomic E-state index is 13.0. The van der Waals surface area contributed by atoms with E-state index in [0.29, 0.717) is 37.4 Å². The van der Waals surface area contributed by atoms with Gasteiger partial charge in [0, 0.05) is 13.1 Å². The third-order valence-electron chi connectivity index (χ3n) is 4.82. The smallest absolute Gasteiger partial charge is 0.378 e. The van der Waals surface area contributed by atoms with Crippen LogP contribution in [0.25, 0.3) is 5.69 Å². The summed E-state index contributed by atoms with van der Waals surface area (Å²) in [5.74, 6) is 0.0192. The third-order valence-corrected chi connectivity index (χ3v) is 6.08. The van der Waals surface area contributed by atoms with Crippen molar-refractivity contribution in [2.24, 2.45) is 0 Å². The van der Waals surface area contributed by atoms with E-state index in [1.165, 1.54) is 0 Å². The molecule has 0 aliphatic carbocycles. The monoisotopic (exact) mass is 497 g/mol. The molecule has 7 nitrogen and oxygen atoms in total. The van der Waals surface area contributed by atoms with Gasteiger partial charge in [-0.05, 0) is 30.3 Å². The quantitative estimate of drug-likeness (QED) is 0.505. The molecule has 1 amide bonds. The summed E-state index contributed by atoms with van der Waals surface area (Å²) in [6.45, 7) is 2.46. The van der Waals surface area contributed by atoms with Gasteiger partial charge < -0.3 is 15.0 Å². The minimum Gasteiger partial charge on any atom is -0.378 e. The summed E-state index contributed by atoms with van der Waals surface area (Å²) in [5.41, 5.74) is -0.169. The number of amides is 1. The number of anilines is 2. The van der Waals surface area contributed by atoms with E-state index in [1.54, 1.807) is 0 Å². The van der Waals surface area contributed by atoms with Gasteiger partial charge in [-0.3, -0.25) is 9.36 Å². The molecule has 1 fully saturated rings. The van der Waals surface area contributed by atoms with Gasteiger partial charge in [-0.1, -0.05) is 41.6 Å². The topological polar surface area (TPSA) is 72.3 Å². The number of hydrogen-bond donors (Lipinski definition) is 1.